The maximum atomic E-state index is 13.0. The lowest BCUT2D eigenvalue weighted by Gasteiger charge is -2.27. The number of hydrogen-bond donors (Lipinski definition) is 1. The molecule has 3 aromatic rings. The molecule has 0 spiro atoms. The van der Waals surface area contributed by atoms with E-state index in [4.69, 9.17) is 4.74 Å². The van der Waals surface area contributed by atoms with Gasteiger partial charge in [-0.05, 0) is 24.3 Å². The molecular weight excluding hydrogens is 435 g/mol. The van der Waals surface area contributed by atoms with Gasteiger partial charge in [-0.25, -0.2) is 0 Å². The molecule has 2 aromatic carbocycles. The molecule has 1 N–H and O–H groups in total. The third-order valence-electron chi connectivity index (χ3n) is 5.92. The zero-order chi connectivity index (χ0) is 23.2. The molecule has 9 heteroatoms. The Morgan fingerprint density at radius 2 is 1.88 bits per heavy atom. The lowest BCUT2D eigenvalue weighted by Crippen LogP contribution is -2.42. The van der Waals surface area contributed by atoms with E-state index < -0.39 is 17.6 Å². The van der Waals surface area contributed by atoms with E-state index in [0.717, 1.165) is 23.0 Å². The molecule has 170 valence electrons. The monoisotopic (exact) mass is 455 g/mol. The van der Waals surface area contributed by atoms with Crippen molar-refractivity contribution in [3.63, 3.8) is 0 Å². The first-order valence-corrected chi connectivity index (χ1v) is 10.5. The van der Waals surface area contributed by atoms with Crippen LogP contribution in [0.5, 0.6) is 0 Å². The predicted octanol–water partition coefficient (Wildman–Crippen LogP) is 4.01. The smallest absolute Gasteiger partial charge is 0.378 e. The molecule has 0 unspecified atom stereocenters. The summed E-state index contributed by atoms with van der Waals surface area (Å²) in [6, 6.07) is 10.7. The van der Waals surface area contributed by atoms with Gasteiger partial charge in [0, 0.05) is 52.6 Å². The summed E-state index contributed by atoms with van der Waals surface area (Å²) in [5.74, 6) is -0.493. The van der Waals surface area contributed by atoms with E-state index in [1.54, 1.807) is 17.2 Å². The van der Waals surface area contributed by atoms with Gasteiger partial charge in [0.25, 0.3) is 5.91 Å². The first-order valence-electron chi connectivity index (χ1n) is 10.5. The van der Waals surface area contributed by atoms with Crippen LogP contribution in [0.1, 0.15) is 16.7 Å². The Labute approximate surface area is 187 Å². The molecule has 2 aliphatic heterocycles. The first-order chi connectivity index (χ1) is 15.8. The second-order valence-corrected chi connectivity index (χ2v) is 7.99. The number of hydrogen-bond acceptors (Lipinski definition) is 3. The maximum Gasteiger partial charge on any atom is 0.416 e. The highest BCUT2D eigenvalue weighted by molar-refractivity contribution is 6.35. The van der Waals surface area contributed by atoms with Crippen LogP contribution in [0.3, 0.4) is 0 Å². The number of rotatable bonds is 3. The summed E-state index contributed by atoms with van der Waals surface area (Å²) in [4.78, 5) is 27.1. The summed E-state index contributed by atoms with van der Waals surface area (Å²) in [5.41, 5.74) is 1.54. The lowest BCUT2D eigenvalue weighted by molar-refractivity contribution is -0.137. The Bertz CT molecular complexity index is 1290. The number of benzene rings is 2. The highest BCUT2D eigenvalue weighted by Gasteiger charge is 2.33. The van der Waals surface area contributed by atoms with E-state index >= 15 is 0 Å². The summed E-state index contributed by atoms with van der Waals surface area (Å²) >= 11 is 0. The van der Waals surface area contributed by atoms with Gasteiger partial charge in [0.1, 0.15) is 6.54 Å². The largest absolute Gasteiger partial charge is 0.416 e. The number of para-hydroxylation sites is 1. The van der Waals surface area contributed by atoms with Crippen molar-refractivity contribution in [2.75, 3.05) is 31.6 Å². The number of aromatic nitrogens is 1. The second kappa shape index (κ2) is 8.08. The number of carbonyl (C=O) groups is 2. The summed E-state index contributed by atoms with van der Waals surface area (Å²) in [5, 5.41) is 3.36. The van der Waals surface area contributed by atoms with Crippen LogP contribution in [0.2, 0.25) is 0 Å². The minimum Gasteiger partial charge on any atom is -0.378 e. The topological polar surface area (TPSA) is 63.6 Å². The zero-order valence-electron chi connectivity index (χ0n) is 17.5. The van der Waals surface area contributed by atoms with Crippen LogP contribution in [-0.2, 0) is 27.0 Å². The first kappa shape index (κ1) is 21.3. The average Bonchev–Trinajstić information content (AvgIpc) is 3.30. The number of amides is 2. The summed E-state index contributed by atoms with van der Waals surface area (Å²) < 4.78 is 46.3. The molecular formula is C24H20F3N3O3. The molecule has 0 radical (unpaired) electrons. The van der Waals surface area contributed by atoms with Crippen molar-refractivity contribution in [1.29, 1.82) is 0 Å². The normalized spacial score (nSPS) is 17.5. The van der Waals surface area contributed by atoms with Crippen LogP contribution in [0.15, 0.2) is 48.7 Å². The highest BCUT2D eigenvalue weighted by Crippen LogP contribution is 2.39. The summed E-state index contributed by atoms with van der Waals surface area (Å²) in [7, 11) is 0. The van der Waals surface area contributed by atoms with Gasteiger partial charge in [0.2, 0.25) is 5.91 Å². The Hall–Kier alpha value is -3.59. The van der Waals surface area contributed by atoms with Crippen molar-refractivity contribution in [3.8, 4) is 0 Å². The van der Waals surface area contributed by atoms with Crippen LogP contribution in [0.25, 0.3) is 22.6 Å². The number of nitrogens with one attached hydrogen (secondary N) is 1. The fraction of sp³-hybridized carbons (Fsp3) is 0.250. The van der Waals surface area contributed by atoms with Gasteiger partial charge in [0.15, 0.2) is 0 Å². The van der Waals surface area contributed by atoms with Gasteiger partial charge in [-0.15, -0.1) is 0 Å². The SMILES string of the molecule is O=C1Nc2cc(C(F)(F)F)ccc2/C1=C\c1cn(CC(=O)N2CCOCC2)c2ccccc12. The molecule has 1 fully saturated rings. The third kappa shape index (κ3) is 4.00. The molecule has 1 saturated heterocycles. The quantitative estimate of drug-likeness (QED) is 0.607. The van der Waals surface area contributed by atoms with Crippen LogP contribution < -0.4 is 5.32 Å². The van der Waals surface area contributed by atoms with E-state index in [1.807, 2.05) is 28.8 Å². The molecule has 6 nitrogen and oxygen atoms in total. The molecule has 2 aliphatic rings. The highest BCUT2D eigenvalue weighted by atomic mass is 19.4. The Kier molecular flexibility index (Phi) is 5.20. The van der Waals surface area contributed by atoms with Gasteiger partial charge >= 0.3 is 6.18 Å². The summed E-state index contributed by atoms with van der Waals surface area (Å²) in [6.45, 7) is 2.26. The van der Waals surface area contributed by atoms with Gasteiger partial charge in [-0.2, -0.15) is 13.2 Å². The number of anilines is 1. The second-order valence-electron chi connectivity index (χ2n) is 7.99. The number of fused-ring (bicyclic) bond motifs is 2. The molecule has 5 rings (SSSR count). The van der Waals surface area contributed by atoms with Crippen LogP contribution in [0.4, 0.5) is 18.9 Å². The molecule has 0 aliphatic carbocycles. The van der Waals surface area contributed by atoms with E-state index in [1.165, 1.54) is 6.07 Å². The van der Waals surface area contributed by atoms with E-state index in [0.29, 0.717) is 37.4 Å². The van der Waals surface area contributed by atoms with Crippen molar-refractivity contribution >= 4 is 40.1 Å². The van der Waals surface area contributed by atoms with Gasteiger partial charge in [-0.3, -0.25) is 9.59 Å². The molecule has 33 heavy (non-hydrogen) atoms. The number of carbonyl (C=O) groups excluding carboxylic acids is 2. The van der Waals surface area contributed by atoms with Crippen LogP contribution >= 0.6 is 0 Å². The van der Waals surface area contributed by atoms with E-state index in [9.17, 15) is 22.8 Å². The molecule has 1 aromatic heterocycles. The fourth-order valence-corrected chi connectivity index (χ4v) is 4.25. The molecule has 0 atom stereocenters. The maximum absolute atomic E-state index is 13.0. The molecule has 0 bridgehead atoms. The van der Waals surface area contributed by atoms with Crippen molar-refractivity contribution in [1.82, 2.24) is 9.47 Å². The number of morpholine rings is 1. The van der Waals surface area contributed by atoms with E-state index in [2.05, 4.69) is 5.32 Å². The number of ether oxygens (including phenoxy) is 1. The lowest BCUT2D eigenvalue weighted by atomic mass is 10.0. The van der Waals surface area contributed by atoms with Gasteiger partial charge in [0.05, 0.1) is 18.8 Å². The Balaban J connectivity index is 1.51. The zero-order valence-corrected chi connectivity index (χ0v) is 17.5. The number of nitrogens with zero attached hydrogens (tertiary/aromatic N) is 2. The predicted molar refractivity (Wildman–Crippen MR) is 117 cm³/mol. The van der Waals surface area contributed by atoms with Gasteiger partial charge < -0.3 is 19.5 Å². The summed E-state index contributed by atoms with van der Waals surface area (Å²) in [6.07, 6.45) is -1.04. The number of alkyl halides is 3. The Morgan fingerprint density at radius 1 is 1.12 bits per heavy atom. The third-order valence-corrected chi connectivity index (χ3v) is 5.92. The Morgan fingerprint density at radius 3 is 2.64 bits per heavy atom. The number of halogens is 3. The molecule has 3 heterocycles. The van der Waals surface area contributed by atoms with Crippen molar-refractivity contribution in [2.45, 2.75) is 12.7 Å². The fourth-order valence-electron chi connectivity index (χ4n) is 4.25. The molecule has 2 amide bonds. The van der Waals surface area contributed by atoms with Gasteiger partial charge in [-0.1, -0.05) is 24.3 Å². The van der Waals surface area contributed by atoms with Crippen LogP contribution in [-0.4, -0.2) is 47.6 Å². The average molecular weight is 455 g/mol. The van der Waals surface area contributed by atoms with Crippen molar-refractivity contribution in [2.24, 2.45) is 0 Å². The van der Waals surface area contributed by atoms with Crippen LogP contribution in [0, 0.1) is 0 Å². The standard InChI is InChI=1S/C24H20F3N3O3/c25-24(26,27)16-5-6-18-19(23(32)28-20(18)12-16)11-15-13-30(21-4-2-1-3-17(15)21)14-22(31)29-7-9-33-10-8-29/h1-6,11-13H,7-10,14H2,(H,28,32)/b19-11+. The molecule has 0 saturated carbocycles. The minimum absolute atomic E-state index is 0.0260. The van der Waals surface area contributed by atoms with Crippen molar-refractivity contribution < 1.29 is 27.5 Å². The van der Waals surface area contributed by atoms with Crippen molar-refractivity contribution in [3.05, 3.63) is 65.4 Å². The van der Waals surface area contributed by atoms with E-state index in [-0.39, 0.29) is 23.7 Å². The minimum atomic E-state index is -4.49.